The van der Waals surface area contributed by atoms with Gasteiger partial charge < -0.3 is 15.4 Å². The van der Waals surface area contributed by atoms with E-state index in [1.54, 1.807) is 31.2 Å². The number of ether oxygens (including phenoxy) is 1. The molecule has 6 nitrogen and oxygen atoms in total. The maximum absolute atomic E-state index is 13.6. The van der Waals surface area contributed by atoms with Crippen molar-refractivity contribution in [1.82, 2.24) is 0 Å². The molecule has 0 aliphatic carbocycles. The van der Waals surface area contributed by atoms with Crippen LogP contribution in [0.4, 0.5) is 15.8 Å². The quantitative estimate of drug-likeness (QED) is 0.785. The lowest BCUT2D eigenvalue weighted by atomic mass is 10.2. The van der Waals surface area contributed by atoms with Crippen molar-refractivity contribution in [2.24, 2.45) is 0 Å². The Morgan fingerprint density at radius 2 is 2.04 bits per heavy atom. The predicted molar refractivity (Wildman–Crippen MR) is 100 cm³/mol. The Morgan fingerprint density at radius 3 is 2.78 bits per heavy atom. The summed E-state index contributed by atoms with van der Waals surface area (Å²) in [6.07, 6.45) is -1.08. The van der Waals surface area contributed by atoms with Crippen molar-refractivity contribution in [2.75, 3.05) is 16.4 Å². The van der Waals surface area contributed by atoms with E-state index in [-0.39, 0.29) is 17.2 Å². The van der Waals surface area contributed by atoms with E-state index in [1.165, 1.54) is 30.8 Å². The lowest BCUT2D eigenvalue weighted by Gasteiger charge is -2.18. The van der Waals surface area contributed by atoms with E-state index in [0.29, 0.717) is 17.0 Å². The van der Waals surface area contributed by atoms with E-state index < -0.39 is 23.8 Å². The fraction of sp³-hybridized carbons (Fsp3) is 0.211. The Kier molecular flexibility index (Phi) is 5.46. The van der Waals surface area contributed by atoms with E-state index in [0.717, 1.165) is 4.90 Å². The van der Waals surface area contributed by atoms with E-state index >= 15 is 0 Å². The number of hydrogen-bond acceptors (Lipinski definition) is 5. The van der Waals surface area contributed by atoms with Crippen LogP contribution in [0.3, 0.4) is 0 Å². The van der Waals surface area contributed by atoms with Gasteiger partial charge in [0.15, 0.2) is 6.10 Å². The monoisotopic (exact) mass is 388 g/mol. The van der Waals surface area contributed by atoms with E-state index in [1.807, 2.05) is 0 Å². The first-order chi connectivity index (χ1) is 12.8. The number of thioether (sulfide) groups is 1. The Morgan fingerprint density at radius 1 is 1.26 bits per heavy atom. The average molecular weight is 388 g/mol. The lowest BCUT2D eigenvalue weighted by Crippen LogP contribution is -2.30. The summed E-state index contributed by atoms with van der Waals surface area (Å²) < 4.78 is 18.7. The molecule has 3 rings (SSSR count). The van der Waals surface area contributed by atoms with Gasteiger partial charge >= 0.3 is 5.97 Å². The molecule has 0 radical (unpaired) electrons. The number of rotatable bonds is 4. The number of anilines is 2. The molecule has 0 spiro atoms. The van der Waals surface area contributed by atoms with Gasteiger partial charge in [-0.05, 0) is 49.7 Å². The molecular formula is C19H17FN2O4S. The number of hydrogen-bond donors (Lipinski definition) is 2. The summed E-state index contributed by atoms with van der Waals surface area (Å²) in [5.41, 5.74) is 1.50. The van der Waals surface area contributed by atoms with Crippen LogP contribution in [0, 0.1) is 12.7 Å². The van der Waals surface area contributed by atoms with Crippen molar-refractivity contribution >= 4 is 40.9 Å². The molecule has 0 fully saturated rings. The van der Waals surface area contributed by atoms with Crippen LogP contribution >= 0.6 is 11.8 Å². The van der Waals surface area contributed by atoms with Crippen LogP contribution in [0.2, 0.25) is 0 Å². The van der Waals surface area contributed by atoms with Crippen LogP contribution in [0.5, 0.6) is 0 Å². The van der Waals surface area contributed by atoms with Crippen LogP contribution < -0.4 is 10.6 Å². The molecule has 8 heteroatoms. The molecule has 1 atom stereocenters. The van der Waals surface area contributed by atoms with Crippen molar-refractivity contribution in [3.63, 3.8) is 0 Å². The van der Waals surface area contributed by atoms with Crippen LogP contribution in [0.1, 0.15) is 22.8 Å². The first-order valence-corrected chi connectivity index (χ1v) is 9.17. The zero-order valence-electron chi connectivity index (χ0n) is 14.7. The van der Waals surface area contributed by atoms with Crippen molar-refractivity contribution in [3.05, 3.63) is 53.3 Å². The SMILES string of the molecule is Cc1ccc(NC(=O)C(C)OC(=O)c2ccc3c(c2)NC(=O)CS3)cc1F. The van der Waals surface area contributed by atoms with Crippen LogP contribution in [-0.4, -0.2) is 29.6 Å². The number of halogens is 1. The van der Waals surface area contributed by atoms with Crippen molar-refractivity contribution < 1.29 is 23.5 Å². The maximum Gasteiger partial charge on any atom is 0.338 e. The van der Waals surface area contributed by atoms with Gasteiger partial charge in [-0.3, -0.25) is 9.59 Å². The molecule has 0 aromatic heterocycles. The molecule has 140 valence electrons. The molecule has 2 N–H and O–H groups in total. The number of amides is 2. The number of nitrogens with one attached hydrogen (secondary N) is 2. The molecule has 2 amide bonds. The van der Waals surface area contributed by atoms with Gasteiger partial charge in [-0.2, -0.15) is 0 Å². The Bertz CT molecular complexity index is 932. The summed E-state index contributed by atoms with van der Waals surface area (Å²) in [4.78, 5) is 36.8. The topological polar surface area (TPSA) is 84.5 Å². The molecule has 1 aliphatic heterocycles. The average Bonchev–Trinajstić information content (AvgIpc) is 2.64. The molecule has 1 unspecified atom stereocenters. The lowest BCUT2D eigenvalue weighted by molar-refractivity contribution is -0.123. The number of carbonyl (C=O) groups is 3. The Hall–Kier alpha value is -2.87. The van der Waals surface area contributed by atoms with Gasteiger partial charge in [0.1, 0.15) is 5.82 Å². The molecular weight excluding hydrogens is 371 g/mol. The van der Waals surface area contributed by atoms with E-state index in [9.17, 15) is 18.8 Å². The van der Waals surface area contributed by atoms with E-state index in [2.05, 4.69) is 10.6 Å². The van der Waals surface area contributed by atoms with E-state index in [4.69, 9.17) is 4.74 Å². The van der Waals surface area contributed by atoms with Gasteiger partial charge in [0.05, 0.1) is 17.0 Å². The highest BCUT2D eigenvalue weighted by molar-refractivity contribution is 8.00. The zero-order chi connectivity index (χ0) is 19.6. The summed E-state index contributed by atoms with van der Waals surface area (Å²) in [7, 11) is 0. The summed E-state index contributed by atoms with van der Waals surface area (Å²) in [6.45, 7) is 3.04. The summed E-state index contributed by atoms with van der Waals surface area (Å²) in [6, 6.07) is 9.12. The van der Waals surface area contributed by atoms with Crippen LogP contribution in [-0.2, 0) is 14.3 Å². The highest BCUT2D eigenvalue weighted by atomic mass is 32.2. The second kappa shape index (κ2) is 7.79. The third-order valence-electron chi connectivity index (χ3n) is 3.94. The van der Waals surface area contributed by atoms with Gasteiger partial charge in [0, 0.05) is 10.6 Å². The highest BCUT2D eigenvalue weighted by Gasteiger charge is 2.22. The number of esters is 1. The molecule has 1 heterocycles. The van der Waals surface area contributed by atoms with Crippen molar-refractivity contribution in [2.45, 2.75) is 24.8 Å². The minimum Gasteiger partial charge on any atom is -0.449 e. The first kappa shape index (κ1) is 18.9. The van der Waals surface area contributed by atoms with Crippen LogP contribution in [0.25, 0.3) is 0 Å². The Balaban J connectivity index is 1.64. The van der Waals surface area contributed by atoms with Gasteiger partial charge in [-0.1, -0.05) is 6.07 Å². The first-order valence-electron chi connectivity index (χ1n) is 8.18. The number of fused-ring (bicyclic) bond motifs is 1. The fourth-order valence-electron chi connectivity index (χ4n) is 2.41. The van der Waals surface area contributed by atoms with Gasteiger partial charge in [0.25, 0.3) is 5.91 Å². The largest absolute Gasteiger partial charge is 0.449 e. The third kappa shape index (κ3) is 4.46. The van der Waals surface area contributed by atoms with Gasteiger partial charge in [-0.15, -0.1) is 11.8 Å². The molecule has 2 aromatic rings. The van der Waals surface area contributed by atoms with Gasteiger partial charge in [-0.25, -0.2) is 9.18 Å². The second-order valence-corrected chi connectivity index (χ2v) is 7.07. The second-order valence-electron chi connectivity index (χ2n) is 6.05. The van der Waals surface area contributed by atoms with Gasteiger partial charge in [0.2, 0.25) is 5.91 Å². The maximum atomic E-state index is 13.6. The Labute approximate surface area is 159 Å². The van der Waals surface area contributed by atoms with Crippen molar-refractivity contribution in [3.8, 4) is 0 Å². The number of benzene rings is 2. The molecule has 1 aliphatic rings. The smallest absolute Gasteiger partial charge is 0.338 e. The molecule has 27 heavy (non-hydrogen) atoms. The zero-order valence-corrected chi connectivity index (χ0v) is 15.5. The minimum absolute atomic E-state index is 0.143. The normalized spacial score (nSPS) is 14.0. The van der Waals surface area contributed by atoms with Crippen LogP contribution in [0.15, 0.2) is 41.3 Å². The molecule has 0 bridgehead atoms. The summed E-state index contributed by atoms with van der Waals surface area (Å²) in [5, 5.41) is 5.20. The predicted octanol–water partition coefficient (Wildman–Crippen LogP) is 3.36. The number of carbonyl (C=O) groups excluding carboxylic acids is 3. The third-order valence-corrected chi connectivity index (χ3v) is 5.01. The summed E-state index contributed by atoms with van der Waals surface area (Å²) >= 11 is 1.38. The minimum atomic E-state index is -1.08. The summed E-state index contributed by atoms with van der Waals surface area (Å²) in [5.74, 6) is -1.52. The molecule has 0 saturated carbocycles. The van der Waals surface area contributed by atoms with Crippen molar-refractivity contribution in [1.29, 1.82) is 0 Å². The fourth-order valence-corrected chi connectivity index (χ4v) is 3.20. The standard InChI is InChI=1S/C19H17FN2O4S/c1-10-3-5-13(8-14(10)20)21-18(24)11(2)26-19(25)12-4-6-16-15(7-12)22-17(23)9-27-16/h3-8,11H,9H2,1-2H3,(H,21,24)(H,22,23). The number of aryl methyl sites for hydroxylation is 1. The highest BCUT2D eigenvalue weighted by Crippen LogP contribution is 2.32. The molecule has 0 saturated heterocycles. The molecule has 2 aromatic carbocycles.